The molecule has 0 aromatic rings. The van der Waals surface area contributed by atoms with E-state index in [-0.39, 0.29) is 24.6 Å². The van der Waals surface area contributed by atoms with Crippen LogP contribution in [0.5, 0.6) is 0 Å². The Bertz CT molecular complexity index is 539. The van der Waals surface area contributed by atoms with Crippen molar-refractivity contribution in [3.05, 3.63) is 0 Å². The van der Waals surface area contributed by atoms with Crippen LogP contribution in [-0.2, 0) is 9.53 Å². The molecule has 39 heavy (non-hydrogen) atoms. The van der Waals surface area contributed by atoms with Gasteiger partial charge in [0.2, 0.25) is 0 Å². The van der Waals surface area contributed by atoms with Crippen molar-refractivity contribution in [1.82, 2.24) is 0 Å². The Morgan fingerprint density at radius 1 is 0.744 bits per heavy atom. The van der Waals surface area contributed by atoms with Gasteiger partial charge in [-0.1, -0.05) is 78.1 Å². The van der Waals surface area contributed by atoms with Crippen molar-refractivity contribution >= 4 is 29.5 Å². The summed E-state index contributed by atoms with van der Waals surface area (Å²) in [4.78, 5) is 11.2. The molecule has 0 aliphatic carbocycles. The van der Waals surface area contributed by atoms with Crippen molar-refractivity contribution in [3.8, 4) is 0 Å². The van der Waals surface area contributed by atoms with Gasteiger partial charge in [-0.05, 0) is 50.7 Å². The first-order valence-corrected chi connectivity index (χ1v) is 18.0. The van der Waals surface area contributed by atoms with Crippen LogP contribution in [0.2, 0.25) is 0 Å². The van der Waals surface area contributed by atoms with Gasteiger partial charge in [0.15, 0.2) is 0 Å². The quantitative estimate of drug-likeness (QED) is 0.0557. The number of esters is 1. The molecule has 0 fully saturated rings. The van der Waals surface area contributed by atoms with Crippen LogP contribution in [-0.4, -0.2) is 80.9 Å². The highest BCUT2D eigenvalue weighted by molar-refractivity contribution is 8.03. The lowest BCUT2D eigenvalue weighted by Gasteiger charge is -2.22. The summed E-state index contributed by atoms with van der Waals surface area (Å²) >= 11 is 4.07. The number of carbonyl (C=O) groups is 1. The van der Waals surface area contributed by atoms with Crippen LogP contribution in [0, 0.1) is 5.92 Å². The molecule has 0 bridgehead atoms. The van der Waals surface area contributed by atoms with Gasteiger partial charge in [0.05, 0.1) is 25.4 Å². The first-order valence-electron chi connectivity index (χ1n) is 15.8. The van der Waals surface area contributed by atoms with E-state index in [1.54, 1.807) is 6.92 Å². The number of carbonyl (C=O) groups excluding carboxylic acids is 1. The normalized spacial score (nSPS) is 15.6. The lowest BCUT2D eigenvalue weighted by molar-refractivity contribution is -0.140. The predicted octanol–water partition coefficient (Wildman–Crippen LogP) is 6.75. The van der Waals surface area contributed by atoms with E-state index in [1.165, 1.54) is 52.1 Å². The van der Waals surface area contributed by atoms with Crippen LogP contribution in [0.3, 0.4) is 0 Å². The van der Waals surface area contributed by atoms with E-state index in [0.717, 1.165) is 75.0 Å². The molecule has 6 nitrogen and oxygen atoms in total. The zero-order chi connectivity index (χ0) is 29.1. The summed E-state index contributed by atoms with van der Waals surface area (Å²) in [6, 6.07) is 0. The van der Waals surface area contributed by atoms with Crippen molar-refractivity contribution in [2.45, 2.75) is 153 Å². The third-order valence-corrected chi connectivity index (χ3v) is 10.2. The van der Waals surface area contributed by atoms with Gasteiger partial charge in [-0.15, -0.1) is 0 Å². The maximum Gasteiger partial charge on any atom is 0.305 e. The summed E-state index contributed by atoms with van der Waals surface area (Å²) in [5.74, 6) is 3.01. The molecule has 3 unspecified atom stereocenters. The highest BCUT2D eigenvalue weighted by Crippen LogP contribution is 2.26. The smallest absolute Gasteiger partial charge is 0.305 e. The molecule has 0 rings (SSSR count). The lowest BCUT2D eigenvalue weighted by atomic mass is 9.97. The fourth-order valence-electron chi connectivity index (χ4n) is 4.68. The topological polar surface area (TPSA) is 107 Å². The zero-order valence-electron chi connectivity index (χ0n) is 25.4. The summed E-state index contributed by atoms with van der Waals surface area (Å²) in [5, 5.41) is 40.1. The maximum absolute atomic E-state index is 11.2. The summed E-state index contributed by atoms with van der Waals surface area (Å²) in [6.45, 7) is 3.86. The Labute approximate surface area is 248 Å². The fourth-order valence-corrected chi connectivity index (χ4v) is 7.12. The molecule has 0 aromatic carbocycles. The molecule has 0 aliphatic rings. The number of hydrogen-bond acceptors (Lipinski definition) is 8. The Kier molecular flexibility index (Phi) is 28.2. The number of methoxy groups -OCH3 is 1. The average molecular weight is 595 g/mol. The lowest BCUT2D eigenvalue weighted by Crippen LogP contribution is -2.33. The van der Waals surface area contributed by atoms with Crippen LogP contribution in [0.4, 0.5) is 0 Å². The number of aliphatic hydroxyl groups excluding tert-OH is 4. The van der Waals surface area contributed by atoms with Crippen LogP contribution in [0.1, 0.15) is 129 Å². The molecular formula is C31H62O6S2. The van der Waals surface area contributed by atoms with E-state index in [2.05, 4.69) is 18.7 Å². The van der Waals surface area contributed by atoms with Crippen LogP contribution < -0.4 is 0 Å². The van der Waals surface area contributed by atoms with E-state index in [0.29, 0.717) is 18.1 Å². The van der Waals surface area contributed by atoms with E-state index in [1.807, 2.05) is 11.8 Å². The highest BCUT2D eigenvalue weighted by Gasteiger charge is 2.21. The van der Waals surface area contributed by atoms with Gasteiger partial charge in [0.1, 0.15) is 0 Å². The molecule has 5 atom stereocenters. The van der Waals surface area contributed by atoms with Gasteiger partial charge in [0, 0.05) is 35.7 Å². The number of ether oxygens (including phenoxy) is 1. The molecule has 0 spiro atoms. The second-order valence-corrected chi connectivity index (χ2v) is 13.8. The SMILES string of the molecule is CCCCCCC(O)CCC(CCCCCCCC(=O)OC)SCCSCCCCCC(O)[C@@H](O)[C@H](C)CO. The van der Waals surface area contributed by atoms with E-state index in [4.69, 9.17) is 9.84 Å². The third-order valence-electron chi connectivity index (χ3n) is 7.48. The Hall–Kier alpha value is 0.01000. The Balaban J connectivity index is 4.11. The van der Waals surface area contributed by atoms with Gasteiger partial charge in [-0.3, -0.25) is 4.79 Å². The zero-order valence-corrected chi connectivity index (χ0v) is 27.0. The van der Waals surface area contributed by atoms with Crippen LogP contribution >= 0.6 is 23.5 Å². The number of thioether (sulfide) groups is 2. The van der Waals surface area contributed by atoms with E-state index < -0.39 is 12.2 Å². The number of aliphatic hydroxyl groups is 4. The molecule has 0 radical (unpaired) electrons. The van der Waals surface area contributed by atoms with Crippen LogP contribution in [0.25, 0.3) is 0 Å². The number of hydrogen-bond donors (Lipinski definition) is 4. The van der Waals surface area contributed by atoms with E-state index >= 15 is 0 Å². The molecule has 0 aliphatic heterocycles. The van der Waals surface area contributed by atoms with Gasteiger partial charge < -0.3 is 25.2 Å². The first-order chi connectivity index (χ1) is 18.8. The second-order valence-electron chi connectivity index (χ2n) is 11.1. The summed E-state index contributed by atoms with van der Waals surface area (Å²) < 4.78 is 4.71. The van der Waals surface area contributed by atoms with Crippen LogP contribution in [0.15, 0.2) is 0 Å². The fraction of sp³-hybridized carbons (Fsp3) is 0.968. The minimum absolute atomic E-state index is 0.105. The minimum atomic E-state index is -0.844. The number of rotatable bonds is 29. The molecular weight excluding hydrogens is 532 g/mol. The average Bonchev–Trinajstić information content (AvgIpc) is 2.94. The first kappa shape index (κ1) is 39.0. The van der Waals surface area contributed by atoms with Gasteiger partial charge in [-0.25, -0.2) is 0 Å². The van der Waals surface area contributed by atoms with Gasteiger partial charge >= 0.3 is 5.97 Å². The van der Waals surface area contributed by atoms with Crippen molar-refractivity contribution in [3.63, 3.8) is 0 Å². The Morgan fingerprint density at radius 2 is 1.38 bits per heavy atom. The van der Waals surface area contributed by atoms with Gasteiger partial charge in [0.25, 0.3) is 0 Å². The van der Waals surface area contributed by atoms with E-state index in [9.17, 15) is 20.1 Å². The van der Waals surface area contributed by atoms with Crippen molar-refractivity contribution < 1.29 is 30.0 Å². The monoisotopic (exact) mass is 594 g/mol. The summed E-state index contributed by atoms with van der Waals surface area (Å²) in [5.41, 5.74) is 0. The Morgan fingerprint density at radius 3 is 2.10 bits per heavy atom. The minimum Gasteiger partial charge on any atom is -0.469 e. The van der Waals surface area contributed by atoms with Crippen molar-refractivity contribution in [2.24, 2.45) is 5.92 Å². The predicted molar refractivity (Wildman–Crippen MR) is 169 cm³/mol. The van der Waals surface area contributed by atoms with Crippen molar-refractivity contribution in [1.29, 1.82) is 0 Å². The number of unbranched alkanes of at least 4 members (excludes halogenated alkanes) is 9. The molecule has 4 N–H and O–H groups in total. The largest absolute Gasteiger partial charge is 0.469 e. The molecule has 0 aromatic heterocycles. The maximum atomic E-state index is 11.2. The standard InChI is InChI=1S/C31H62O6S2/c1-4-5-6-11-16-27(33)20-21-28(17-12-8-7-9-14-19-30(35)37-3)39-24-23-38-22-15-10-13-18-29(34)31(36)26(2)25-32/h26-29,31-34,36H,4-25H2,1-3H3/t26-,27?,28?,29?,31+/m1/s1. The second kappa shape index (κ2) is 28.1. The molecule has 0 saturated carbocycles. The molecule has 0 heterocycles. The molecule has 0 amide bonds. The highest BCUT2D eigenvalue weighted by atomic mass is 32.2. The molecule has 8 heteroatoms. The summed E-state index contributed by atoms with van der Waals surface area (Å²) in [6.07, 6.45) is 17.0. The summed E-state index contributed by atoms with van der Waals surface area (Å²) in [7, 11) is 1.45. The van der Waals surface area contributed by atoms with Crippen molar-refractivity contribution in [2.75, 3.05) is 31.0 Å². The van der Waals surface area contributed by atoms with Gasteiger partial charge in [-0.2, -0.15) is 23.5 Å². The molecule has 234 valence electrons. The third kappa shape index (κ3) is 24.3. The molecule has 0 saturated heterocycles.